The van der Waals surface area contributed by atoms with E-state index in [4.69, 9.17) is 4.74 Å². The van der Waals surface area contributed by atoms with Crippen LogP contribution in [0, 0.1) is 5.82 Å². The first-order valence-electron chi connectivity index (χ1n) is 11.4. The second-order valence-electron chi connectivity index (χ2n) is 9.78. The number of ether oxygens (including phenoxy) is 1. The van der Waals surface area contributed by atoms with Gasteiger partial charge in [-0.15, -0.1) is 0 Å². The molecule has 180 valence electrons. The van der Waals surface area contributed by atoms with E-state index in [0.717, 1.165) is 46.6 Å². The molecule has 3 aromatic carbocycles. The fourth-order valence-corrected chi connectivity index (χ4v) is 4.59. The van der Waals surface area contributed by atoms with E-state index in [9.17, 15) is 22.7 Å². The third-order valence-corrected chi connectivity index (χ3v) is 6.41. The van der Waals surface area contributed by atoms with Crippen LogP contribution in [-0.4, -0.2) is 10.7 Å². The first-order valence-corrected chi connectivity index (χ1v) is 11.4. The van der Waals surface area contributed by atoms with Crippen LogP contribution in [-0.2, 0) is 12.6 Å². The summed E-state index contributed by atoms with van der Waals surface area (Å²) < 4.78 is 59.3. The topological polar surface area (TPSA) is 29.5 Å². The van der Waals surface area contributed by atoms with Gasteiger partial charge in [0.1, 0.15) is 23.3 Å². The molecule has 0 spiro atoms. The van der Waals surface area contributed by atoms with E-state index in [0.29, 0.717) is 17.5 Å². The highest BCUT2D eigenvalue weighted by Crippen LogP contribution is 2.47. The fraction of sp³-hybridized carbons (Fsp3) is 0.357. The van der Waals surface area contributed by atoms with Crippen molar-refractivity contribution in [2.45, 2.75) is 64.3 Å². The van der Waals surface area contributed by atoms with E-state index in [1.165, 1.54) is 24.3 Å². The standard InChI is InChI=1S/C28H28F4O2/c1-16(2)22-15-23-21(13-14-27(3,4)34-23)24(17-7-11-20(29)12-8-17)25(22)26(33)18-5-9-19(10-6-18)28(30,31)32/h5-12,15-16,26,33H,13-14H2,1-4H3. The summed E-state index contributed by atoms with van der Waals surface area (Å²) in [5.74, 6) is 0.347. The summed E-state index contributed by atoms with van der Waals surface area (Å²) in [5, 5.41) is 11.5. The minimum Gasteiger partial charge on any atom is -0.488 e. The number of fused-ring (bicyclic) bond motifs is 1. The molecular weight excluding hydrogens is 444 g/mol. The highest BCUT2D eigenvalue weighted by Gasteiger charge is 2.34. The molecule has 1 unspecified atom stereocenters. The molecule has 0 bridgehead atoms. The predicted octanol–water partition coefficient (Wildman–Crippen LogP) is 7.82. The van der Waals surface area contributed by atoms with E-state index in [-0.39, 0.29) is 17.3 Å². The smallest absolute Gasteiger partial charge is 0.416 e. The maximum absolute atomic E-state index is 13.7. The second kappa shape index (κ2) is 8.73. The number of aliphatic hydroxyl groups excluding tert-OH is 1. The summed E-state index contributed by atoms with van der Waals surface area (Å²) in [7, 11) is 0. The SMILES string of the molecule is CC(C)c1cc2c(c(-c3ccc(F)cc3)c1C(O)c1ccc(C(F)(F)F)cc1)CCC(C)(C)O2. The normalized spacial score (nSPS) is 16.2. The van der Waals surface area contributed by atoms with Crippen molar-refractivity contribution < 1.29 is 27.4 Å². The van der Waals surface area contributed by atoms with Gasteiger partial charge in [-0.05, 0) is 90.8 Å². The van der Waals surface area contributed by atoms with Crippen LogP contribution in [0.25, 0.3) is 11.1 Å². The molecule has 34 heavy (non-hydrogen) atoms. The summed E-state index contributed by atoms with van der Waals surface area (Å²) >= 11 is 0. The molecule has 0 saturated heterocycles. The number of hydrogen-bond donors (Lipinski definition) is 1. The Labute approximate surface area is 197 Å². The van der Waals surface area contributed by atoms with Crippen LogP contribution in [0.1, 0.15) is 74.0 Å². The van der Waals surface area contributed by atoms with Crippen molar-refractivity contribution in [2.24, 2.45) is 0 Å². The van der Waals surface area contributed by atoms with Gasteiger partial charge in [-0.2, -0.15) is 13.2 Å². The molecule has 0 aromatic heterocycles. The fourth-order valence-electron chi connectivity index (χ4n) is 4.59. The lowest BCUT2D eigenvalue weighted by Crippen LogP contribution is -2.33. The van der Waals surface area contributed by atoms with Crippen molar-refractivity contribution in [1.29, 1.82) is 0 Å². The zero-order chi connectivity index (χ0) is 24.8. The molecule has 1 atom stereocenters. The number of benzene rings is 3. The first kappa shape index (κ1) is 24.3. The summed E-state index contributed by atoms with van der Waals surface area (Å²) in [6.45, 7) is 8.03. The summed E-state index contributed by atoms with van der Waals surface area (Å²) in [4.78, 5) is 0. The zero-order valence-corrected chi connectivity index (χ0v) is 19.6. The van der Waals surface area contributed by atoms with Crippen LogP contribution in [0.4, 0.5) is 17.6 Å². The Hall–Kier alpha value is -2.86. The minimum absolute atomic E-state index is 0.00256. The molecule has 0 amide bonds. The zero-order valence-electron chi connectivity index (χ0n) is 19.6. The van der Waals surface area contributed by atoms with Gasteiger partial charge in [-0.25, -0.2) is 4.39 Å². The molecule has 6 heteroatoms. The number of halogens is 4. The molecule has 0 fully saturated rings. The molecule has 0 aliphatic carbocycles. The average molecular weight is 473 g/mol. The molecule has 1 aliphatic heterocycles. The van der Waals surface area contributed by atoms with Gasteiger partial charge < -0.3 is 9.84 Å². The molecular formula is C28H28F4O2. The van der Waals surface area contributed by atoms with E-state index in [1.807, 2.05) is 33.8 Å². The lowest BCUT2D eigenvalue weighted by atomic mass is 9.79. The lowest BCUT2D eigenvalue weighted by Gasteiger charge is -2.36. The molecule has 1 aliphatic rings. The number of aliphatic hydroxyl groups is 1. The molecule has 3 aromatic rings. The van der Waals surface area contributed by atoms with Crippen molar-refractivity contribution in [1.82, 2.24) is 0 Å². The predicted molar refractivity (Wildman–Crippen MR) is 124 cm³/mol. The Morgan fingerprint density at radius 3 is 2.15 bits per heavy atom. The van der Waals surface area contributed by atoms with E-state index in [2.05, 4.69) is 0 Å². The highest BCUT2D eigenvalue weighted by atomic mass is 19.4. The maximum Gasteiger partial charge on any atom is 0.416 e. The molecule has 1 heterocycles. The summed E-state index contributed by atoms with van der Waals surface area (Å²) in [6.07, 6.45) is -4.17. The molecule has 1 N–H and O–H groups in total. The van der Waals surface area contributed by atoms with Crippen LogP contribution in [0.15, 0.2) is 54.6 Å². The van der Waals surface area contributed by atoms with Gasteiger partial charge >= 0.3 is 6.18 Å². The van der Waals surface area contributed by atoms with E-state index < -0.39 is 17.8 Å². The van der Waals surface area contributed by atoms with Gasteiger partial charge in [0.15, 0.2) is 0 Å². The van der Waals surface area contributed by atoms with Gasteiger partial charge in [0.2, 0.25) is 0 Å². The minimum atomic E-state index is -4.46. The Balaban J connectivity index is 1.96. The third kappa shape index (κ3) is 4.69. The van der Waals surface area contributed by atoms with Crippen LogP contribution < -0.4 is 4.74 Å². The third-order valence-electron chi connectivity index (χ3n) is 6.41. The van der Waals surface area contributed by atoms with Gasteiger partial charge in [0.05, 0.1) is 5.56 Å². The monoisotopic (exact) mass is 472 g/mol. The Morgan fingerprint density at radius 1 is 0.971 bits per heavy atom. The molecule has 0 saturated carbocycles. The quantitative estimate of drug-likeness (QED) is 0.392. The van der Waals surface area contributed by atoms with Crippen LogP contribution in [0.3, 0.4) is 0 Å². The second-order valence-corrected chi connectivity index (χ2v) is 9.78. The van der Waals surface area contributed by atoms with Gasteiger partial charge in [-0.1, -0.05) is 38.1 Å². The highest BCUT2D eigenvalue weighted by molar-refractivity contribution is 5.77. The Morgan fingerprint density at radius 2 is 1.59 bits per heavy atom. The van der Waals surface area contributed by atoms with E-state index in [1.54, 1.807) is 12.1 Å². The van der Waals surface area contributed by atoms with Crippen LogP contribution in [0.5, 0.6) is 5.75 Å². The molecule has 4 rings (SSSR count). The molecule has 2 nitrogen and oxygen atoms in total. The number of rotatable bonds is 4. The van der Waals surface area contributed by atoms with Crippen LogP contribution in [0.2, 0.25) is 0 Å². The number of alkyl halides is 3. The Kier molecular flexibility index (Phi) is 6.23. The molecule has 0 radical (unpaired) electrons. The Bertz CT molecular complexity index is 1180. The maximum atomic E-state index is 13.7. The van der Waals surface area contributed by atoms with Crippen molar-refractivity contribution in [2.75, 3.05) is 0 Å². The number of hydrogen-bond acceptors (Lipinski definition) is 2. The van der Waals surface area contributed by atoms with Gasteiger partial charge in [0.25, 0.3) is 0 Å². The van der Waals surface area contributed by atoms with Crippen molar-refractivity contribution in [3.8, 4) is 16.9 Å². The van der Waals surface area contributed by atoms with Crippen molar-refractivity contribution in [3.63, 3.8) is 0 Å². The summed E-state index contributed by atoms with van der Waals surface area (Å²) in [6, 6.07) is 12.6. The van der Waals surface area contributed by atoms with Gasteiger partial charge in [-0.3, -0.25) is 0 Å². The lowest BCUT2D eigenvalue weighted by molar-refractivity contribution is -0.137. The largest absolute Gasteiger partial charge is 0.488 e. The van der Waals surface area contributed by atoms with Crippen molar-refractivity contribution >= 4 is 0 Å². The van der Waals surface area contributed by atoms with Crippen LogP contribution >= 0.6 is 0 Å². The summed E-state index contributed by atoms with van der Waals surface area (Å²) in [5.41, 5.74) is 3.08. The van der Waals surface area contributed by atoms with Crippen molar-refractivity contribution in [3.05, 3.63) is 88.2 Å². The first-order chi connectivity index (χ1) is 15.9. The van der Waals surface area contributed by atoms with E-state index >= 15 is 0 Å². The van der Waals surface area contributed by atoms with Gasteiger partial charge in [0, 0.05) is 5.56 Å². The average Bonchev–Trinajstić information content (AvgIpc) is 2.76.